The van der Waals surface area contributed by atoms with E-state index < -0.39 is 5.60 Å². The molecule has 1 heteroatoms. The van der Waals surface area contributed by atoms with Gasteiger partial charge in [-0.15, -0.1) is 0 Å². The van der Waals surface area contributed by atoms with Crippen molar-refractivity contribution >= 4 is 0 Å². The van der Waals surface area contributed by atoms with Gasteiger partial charge in [-0.3, -0.25) is 0 Å². The zero-order valence-corrected chi connectivity index (χ0v) is 13.4. The molecule has 0 amide bonds. The van der Waals surface area contributed by atoms with E-state index in [1.807, 2.05) is 0 Å². The van der Waals surface area contributed by atoms with Gasteiger partial charge in [0.25, 0.3) is 0 Å². The second-order valence-corrected chi connectivity index (χ2v) is 7.93. The van der Waals surface area contributed by atoms with E-state index >= 15 is 0 Å². The van der Waals surface area contributed by atoms with Crippen LogP contribution in [0, 0.1) is 16.7 Å². The molecule has 1 N–H and O–H groups in total. The average Bonchev–Trinajstić information content (AvgIpc) is 2.88. The maximum absolute atomic E-state index is 11.5. The summed E-state index contributed by atoms with van der Waals surface area (Å²) in [5.41, 5.74) is 2.23. The lowest BCUT2D eigenvalue weighted by molar-refractivity contribution is -0.141. The minimum atomic E-state index is -0.559. The van der Waals surface area contributed by atoms with Crippen LogP contribution in [0.5, 0.6) is 0 Å². The molecule has 0 aliphatic heterocycles. The van der Waals surface area contributed by atoms with E-state index in [0.29, 0.717) is 5.92 Å². The molecule has 1 nitrogen and oxygen atoms in total. The second kappa shape index (κ2) is 4.34. The van der Waals surface area contributed by atoms with E-state index in [2.05, 4.69) is 52.0 Å². The molecule has 0 heterocycles. The summed E-state index contributed by atoms with van der Waals surface area (Å²) in [6, 6.07) is 8.84. The number of fused-ring (bicyclic) bond motifs is 2. The normalized spacial score (nSPS) is 38.4. The predicted molar refractivity (Wildman–Crippen MR) is 83.7 cm³/mol. The Morgan fingerprint density at radius 1 is 1.10 bits per heavy atom. The van der Waals surface area contributed by atoms with Crippen LogP contribution in [-0.2, 0) is 12.8 Å². The molecule has 2 aliphatic rings. The Hall–Kier alpha value is -0.820. The maximum Gasteiger partial charge on any atom is 0.0794 e. The number of hydrogen-bond donors (Lipinski definition) is 1. The van der Waals surface area contributed by atoms with Gasteiger partial charge in [0, 0.05) is 6.42 Å². The second-order valence-electron chi connectivity index (χ2n) is 7.93. The van der Waals surface area contributed by atoms with E-state index in [4.69, 9.17) is 0 Å². The largest absolute Gasteiger partial charge is 0.388 e. The molecular weight excluding hydrogens is 244 g/mol. The van der Waals surface area contributed by atoms with Gasteiger partial charge in [-0.2, -0.15) is 0 Å². The Balaban J connectivity index is 1.91. The van der Waals surface area contributed by atoms with Crippen molar-refractivity contribution in [1.82, 2.24) is 0 Å². The lowest BCUT2D eigenvalue weighted by atomic mass is 9.58. The van der Waals surface area contributed by atoms with Crippen molar-refractivity contribution in [2.45, 2.75) is 65.4 Å². The molecule has 0 spiro atoms. The number of benzene rings is 1. The van der Waals surface area contributed by atoms with E-state index in [0.717, 1.165) is 12.8 Å². The summed E-state index contributed by atoms with van der Waals surface area (Å²) < 4.78 is 0. The molecule has 3 unspecified atom stereocenters. The van der Waals surface area contributed by atoms with Crippen molar-refractivity contribution in [3.8, 4) is 0 Å². The third kappa shape index (κ3) is 1.72. The summed E-state index contributed by atoms with van der Waals surface area (Å²) in [6.45, 7) is 9.05. The minimum Gasteiger partial charge on any atom is -0.388 e. The predicted octanol–water partition coefficient (Wildman–Crippen LogP) is 4.37. The summed E-state index contributed by atoms with van der Waals surface area (Å²) in [7, 11) is 0. The van der Waals surface area contributed by atoms with Crippen LogP contribution in [0.4, 0.5) is 0 Å². The smallest absolute Gasteiger partial charge is 0.0794 e. The van der Waals surface area contributed by atoms with Crippen LogP contribution in [0.1, 0.15) is 58.1 Å². The molecule has 2 fully saturated rings. The van der Waals surface area contributed by atoms with Crippen LogP contribution in [0.3, 0.4) is 0 Å². The first-order valence-electron chi connectivity index (χ1n) is 8.13. The van der Waals surface area contributed by atoms with Crippen LogP contribution in [-0.4, -0.2) is 10.7 Å². The lowest BCUT2D eigenvalue weighted by Gasteiger charge is -2.51. The third-order valence-corrected chi connectivity index (χ3v) is 6.72. The maximum atomic E-state index is 11.5. The van der Waals surface area contributed by atoms with E-state index in [9.17, 15) is 5.11 Å². The summed E-state index contributed by atoms with van der Waals surface area (Å²) in [6.07, 6.45) is 5.56. The Bertz CT molecular complexity index is 494. The first kappa shape index (κ1) is 14.1. The molecule has 1 aromatic carbocycles. The summed E-state index contributed by atoms with van der Waals surface area (Å²) in [5, 5.41) is 11.5. The van der Waals surface area contributed by atoms with Gasteiger partial charge < -0.3 is 5.11 Å². The monoisotopic (exact) mass is 272 g/mol. The molecule has 2 bridgehead atoms. The fourth-order valence-electron chi connectivity index (χ4n) is 4.98. The molecule has 20 heavy (non-hydrogen) atoms. The van der Waals surface area contributed by atoms with Crippen LogP contribution in [0.25, 0.3) is 0 Å². The molecule has 1 aromatic rings. The summed E-state index contributed by atoms with van der Waals surface area (Å²) >= 11 is 0. The van der Waals surface area contributed by atoms with Gasteiger partial charge >= 0.3 is 0 Å². The summed E-state index contributed by atoms with van der Waals surface area (Å²) in [5.74, 6) is 0.687. The molecule has 0 radical (unpaired) electrons. The highest BCUT2D eigenvalue weighted by molar-refractivity contribution is 5.28. The number of hydrogen-bond acceptors (Lipinski definition) is 1. The quantitative estimate of drug-likeness (QED) is 0.866. The van der Waals surface area contributed by atoms with Crippen molar-refractivity contribution in [2.75, 3.05) is 0 Å². The molecule has 110 valence electrons. The molecule has 3 atom stereocenters. The highest BCUT2D eigenvalue weighted by Gasteiger charge is 2.67. The number of aliphatic hydroxyl groups is 1. The molecular formula is C19H28O. The lowest BCUT2D eigenvalue weighted by Crippen LogP contribution is -2.55. The topological polar surface area (TPSA) is 20.2 Å². The SMILES string of the molecule is CCc1ccc(CC2(O)C3(C)CCC(C3)C2(C)C)cc1. The Kier molecular flexibility index (Phi) is 3.06. The standard InChI is InChI=1S/C19H28O/c1-5-14-6-8-15(9-7-14)12-19(20)17(2,3)16-10-11-18(19,4)13-16/h6-9,16,20H,5,10-13H2,1-4H3. The van der Waals surface area contributed by atoms with Gasteiger partial charge in [-0.1, -0.05) is 52.0 Å². The Morgan fingerprint density at radius 2 is 1.70 bits per heavy atom. The minimum absolute atomic E-state index is 0.0312. The molecule has 0 aromatic heterocycles. The first-order valence-corrected chi connectivity index (χ1v) is 8.13. The molecule has 3 rings (SSSR count). The van der Waals surface area contributed by atoms with Crippen molar-refractivity contribution in [3.63, 3.8) is 0 Å². The van der Waals surface area contributed by atoms with Crippen molar-refractivity contribution in [3.05, 3.63) is 35.4 Å². The molecule has 2 aliphatic carbocycles. The Labute approximate surface area is 123 Å². The zero-order valence-electron chi connectivity index (χ0n) is 13.4. The van der Waals surface area contributed by atoms with E-state index in [1.165, 1.54) is 30.4 Å². The van der Waals surface area contributed by atoms with Gasteiger partial charge in [0.05, 0.1) is 5.60 Å². The highest BCUT2D eigenvalue weighted by Crippen LogP contribution is 2.68. The van der Waals surface area contributed by atoms with Crippen molar-refractivity contribution in [1.29, 1.82) is 0 Å². The Morgan fingerprint density at radius 3 is 2.20 bits per heavy atom. The zero-order chi connectivity index (χ0) is 14.6. The van der Waals surface area contributed by atoms with Gasteiger partial charge in [0.2, 0.25) is 0 Å². The fourth-order valence-corrected chi connectivity index (χ4v) is 4.98. The fraction of sp³-hybridized carbons (Fsp3) is 0.684. The van der Waals surface area contributed by atoms with Gasteiger partial charge in [0.15, 0.2) is 0 Å². The summed E-state index contributed by atoms with van der Waals surface area (Å²) in [4.78, 5) is 0. The highest BCUT2D eigenvalue weighted by atomic mass is 16.3. The van der Waals surface area contributed by atoms with Gasteiger partial charge in [-0.25, -0.2) is 0 Å². The van der Waals surface area contributed by atoms with Crippen LogP contribution < -0.4 is 0 Å². The van der Waals surface area contributed by atoms with Gasteiger partial charge in [0.1, 0.15) is 0 Å². The van der Waals surface area contributed by atoms with Gasteiger partial charge in [-0.05, 0) is 53.6 Å². The van der Waals surface area contributed by atoms with Crippen molar-refractivity contribution in [2.24, 2.45) is 16.7 Å². The van der Waals surface area contributed by atoms with E-state index in [1.54, 1.807) is 0 Å². The average molecular weight is 272 g/mol. The number of rotatable bonds is 3. The van der Waals surface area contributed by atoms with Crippen LogP contribution in [0.2, 0.25) is 0 Å². The van der Waals surface area contributed by atoms with E-state index in [-0.39, 0.29) is 10.8 Å². The molecule has 0 saturated heterocycles. The number of aryl methyl sites for hydroxylation is 1. The first-order chi connectivity index (χ1) is 9.32. The van der Waals surface area contributed by atoms with Crippen LogP contribution in [0.15, 0.2) is 24.3 Å². The van der Waals surface area contributed by atoms with Crippen molar-refractivity contribution < 1.29 is 5.11 Å². The third-order valence-electron chi connectivity index (χ3n) is 6.72. The molecule has 2 saturated carbocycles. The van der Waals surface area contributed by atoms with Crippen LogP contribution >= 0.6 is 0 Å².